The molecule has 1 amide bonds. The fourth-order valence-electron chi connectivity index (χ4n) is 1.80. The number of benzene rings is 1. The van der Waals surface area contributed by atoms with E-state index in [0.717, 1.165) is 12.4 Å². The second-order valence-corrected chi connectivity index (χ2v) is 4.04. The Balaban J connectivity index is 2.45. The second kappa shape index (κ2) is 6.38. The monoisotopic (exact) mass is 285 g/mol. The predicted octanol–water partition coefficient (Wildman–Crippen LogP) is 1.02. The van der Waals surface area contributed by atoms with Crippen molar-refractivity contribution in [3.05, 3.63) is 53.9 Å². The molecule has 7 heteroatoms. The summed E-state index contributed by atoms with van der Waals surface area (Å²) in [5, 5.41) is 16.1. The minimum atomic E-state index is -1.28. The highest BCUT2D eigenvalue weighted by Gasteiger charge is 2.23. The van der Waals surface area contributed by atoms with Crippen LogP contribution in [0.4, 0.5) is 5.69 Å². The fourth-order valence-corrected chi connectivity index (χ4v) is 1.80. The number of aromatic carboxylic acids is 1. The minimum absolute atomic E-state index is 0.122. The first-order chi connectivity index (χ1) is 10.1. The van der Waals surface area contributed by atoms with Gasteiger partial charge >= 0.3 is 5.97 Å². The largest absolute Gasteiger partial charge is 0.478 e. The third-order valence-electron chi connectivity index (χ3n) is 2.76. The highest BCUT2D eigenvalue weighted by atomic mass is 16.4. The van der Waals surface area contributed by atoms with E-state index in [0.29, 0.717) is 12.0 Å². The van der Waals surface area contributed by atoms with E-state index in [2.05, 4.69) is 10.2 Å². The van der Waals surface area contributed by atoms with Crippen LogP contribution in [0.15, 0.2) is 42.7 Å². The number of carboxylic acid groups (broad SMARTS) is 1. The third-order valence-corrected chi connectivity index (χ3v) is 2.76. The quantitative estimate of drug-likeness (QED) is 0.823. The lowest BCUT2D eigenvalue weighted by Crippen LogP contribution is -2.33. The van der Waals surface area contributed by atoms with Crippen molar-refractivity contribution < 1.29 is 19.5 Å². The number of rotatable bonds is 5. The van der Waals surface area contributed by atoms with E-state index in [4.69, 9.17) is 5.11 Å². The van der Waals surface area contributed by atoms with Crippen molar-refractivity contribution in [2.24, 2.45) is 0 Å². The first kappa shape index (κ1) is 14.3. The van der Waals surface area contributed by atoms with Gasteiger partial charge in [0.15, 0.2) is 0 Å². The molecule has 0 spiro atoms. The van der Waals surface area contributed by atoms with E-state index in [1.54, 1.807) is 30.3 Å². The summed E-state index contributed by atoms with van der Waals surface area (Å²) in [6, 6.07) is 8.49. The molecule has 0 aliphatic rings. The Labute approximate surface area is 119 Å². The van der Waals surface area contributed by atoms with Crippen LogP contribution in [0, 0.1) is 0 Å². The number of carbonyl (C=O) groups is 3. The highest BCUT2D eigenvalue weighted by molar-refractivity contribution is 6.12. The molecule has 2 rings (SSSR count). The molecule has 1 N–H and O–H groups in total. The van der Waals surface area contributed by atoms with Gasteiger partial charge in [0.1, 0.15) is 6.29 Å². The maximum absolute atomic E-state index is 12.5. The lowest BCUT2D eigenvalue weighted by Gasteiger charge is -2.20. The minimum Gasteiger partial charge on any atom is -0.478 e. The topological polar surface area (TPSA) is 100 Å². The predicted molar refractivity (Wildman–Crippen MR) is 73.2 cm³/mol. The van der Waals surface area contributed by atoms with E-state index in [1.165, 1.54) is 4.90 Å². The van der Waals surface area contributed by atoms with Gasteiger partial charge in [-0.25, -0.2) is 4.79 Å². The molecule has 21 heavy (non-hydrogen) atoms. The van der Waals surface area contributed by atoms with Crippen molar-refractivity contribution in [1.29, 1.82) is 0 Å². The van der Waals surface area contributed by atoms with E-state index in [-0.39, 0.29) is 17.7 Å². The number of carboxylic acids is 1. The molecule has 0 fully saturated rings. The summed E-state index contributed by atoms with van der Waals surface area (Å²) < 4.78 is 0. The molecule has 0 unspecified atom stereocenters. The second-order valence-electron chi connectivity index (χ2n) is 4.04. The molecule has 1 heterocycles. The van der Waals surface area contributed by atoms with Gasteiger partial charge in [-0.1, -0.05) is 18.2 Å². The van der Waals surface area contributed by atoms with E-state index in [1.807, 2.05) is 0 Å². The van der Waals surface area contributed by atoms with Gasteiger partial charge in [-0.2, -0.15) is 10.2 Å². The number of para-hydroxylation sites is 1. The van der Waals surface area contributed by atoms with Crippen LogP contribution in [0.2, 0.25) is 0 Å². The lowest BCUT2D eigenvalue weighted by atomic mass is 10.1. The van der Waals surface area contributed by atoms with Crippen LogP contribution >= 0.6 is 0 Å². The Hall–Kier alpha value is -3.09. The molecular weight excluding hydrogens is 274 g/mol. The van der Waals surface area contributed by atoms with Crippen molar-refractivity contribution >= 4 is 23.9 Å². The Morgan fingerprint density at radius 3 is 2.29 bits per heavy atom. The Bertz CT molecular complexity index is 673. The summed E-state index contributed by atoms with van der Waals surface area (Å²) in [5.74, 6) is -1.91. The SMILES string of the molecule is O=CCN(C(=O)c1cnncc1C(=O)O)c1ccccc1. The summed E-state index contributed by atoms with van der Waals surface area (Å²) >= 11 is 0. The van der Waals surface area contributed by atoms with Gasteiger partial charge in [0.05, 0.1) is 30.1 Å². The fraction of sp³-hybridized carbons (Fsp3) is 0.0714. The molecule has 0 aliphatic heterocycles. The molecule has 7 nitrogen and oxygen atoms in total. The molecule has 0 aliphatic carbocycles. The summed E-state index contributed by atoms with van der Waals surface area (Å²) in [4.78, 5) is 35.6. The number of carbonyl (C=O) groups excluding carboxylic acids is 2. The summed E-state index contributed by atoms with van der Waals surface area (Å²) in [6.07, 6.45) is 2.64. The normalized spacial score (nSPS) is 9.90. The standard InChI is InChI=1S/C14H11N3O4/c18-7-6-17(10-4-2-1-3-5-10)13(19)11-8-15-16-9-12(11)14(20)21/h1-5,7-9H,6H2,(H,20,21). The molecule has 2 aromatic rings. The smallest absolute Gasteiger partial charge is 0.338 e. The molecular formula is C14H11N3O4. The zero-order valence-electron chi connectivity index (χ0n) is 10.8. The average Bonchev–Trinajstić information content (AvgIpc) is 2.52. The van der Waals surface area contributed by atoms with Crippen LogP contribution in [0.25, 0.3) is 0 Å². The number of hydrogen-bond acceptors (Lipinski definition) is 5. The van der Waals surface area contributed by atoms with Gasteiger partial charge in [-0.05, 0) is 12.1 Å². The summed E-state index contributed by atoms with van der Waals surface area (Å²) in [6.45, 7) is -0.190. The maximum Gasteiger partial charge on any atom is 0.338 e. The van der Waals surface area contributed by atoms with Crippen molar-refractivity contribution in [3.8, 4) is 0 Å². The highest BCUT2D eigenvalue weighted by Crippen LogP contribution is 2.17. The average molecular weight is 285 g/mol. The molecule has 0 saturated carbocycles. The molecule has 0 saturated heterocycles. The van der Waals surface area contributed by atoms with Gasteiger partial charge in [0.25, 0.3) is 5.91 Å². The zero-order chi connectivity index (χ0) is 15.2. The number of anilines is 1. The molecule has 0 bridgehead atoms. The third kappa shape index (κ3) is 3.08. The maximum atomic E-state index is 12.5. The zero-order valence-corrected chi connectivity index (χ0v) is 10.8. The van der Waals surface area contributed by atoms with E-state index in [9.17, 15) is 14.4 Å². The van der Waals surface area contributed by atoms with Crippen LogP contribution in [0.5, 0.6) is 0 Å². The summed E-state index contributed by atoms with van der Waals surface area (Å²) in [5.41, 5.74) is 0.104. The number of aldehydes is 1. The van der Waals surface area contributed by atoms with Crippen LogP contribution in [0.3, 0.4) is 0 Å². The van der Waals surface area contributed by atoms with Gasteiger partial charge in [-0.3, -0.25) is 4.79 Å². The molecule has 0 atom stereocenters. The number of amides is 1. The van der Waals surface area contributed by atoms with Crippen molar-refractivity contribution in [1.82, 2.24) is 10.2 Å². The Morgan fingerprint density at radius 1 is 1.10 bits per heavy atom. The van der Waals surface area contributed by atoms with Crippen molar-refractivity contribution in [3.63, 3.8) is 0 Å². The van der Waals surface area contributed by atoms with Crippen LogP contribution in [-0.4, -0.2) is 40.0 Å². The van der Waals surface area contributed by atoms with Gasteiger partial charge < -0.3 is 14.8 Å². The Morgan fingerprint density at radius 2 is 1.71 bits per heavy atom. The molecule has 106 valence electrons. The van der Waals surface area contributed by atoms with Gasteiger partial charge in [0.2, 0.25) is 0 Å². The van der Waals surface area contributed by atoms with Crippen molar-refractivity contribution in [2.45, 2.75) is 0 Å². The van der Waals surface area contributed by atoms with Gasteiger partial charge in [-0.15, -0.1) is 0 Å². The molecule has 1 aromatic carbocycles. The van der Waals surface area contributed by atoms with E-state index >= 15 is 0 Å². The Kier molecular flexibility index (Phi) is 4.35. The lowest BCUT2D eigenvalue weighted by molar-refractivity contribution is -0.106. The number of aromatic nitrogens is 2. The number of nitrogens with zero attached hydrogens (tertiary/aromatic N) is 3. The first-order valence-corrected chi connectivity index (χ1v) is 5.99. The molecule has 0 radical (unpaired) electrons. The first-order valence-electron chi connectivity index (χ1n) is 5.99. The van der Waals surface area contributed by atoms with Gasteiger partial charge in [0, 0.05) is 5.69 Å². The number of hydrogen-bond donors (Lipinski definition) is 1. The summed E-state index contributed by atoms with van der Waals surface area (Å²) in [7, 11) is 0. The van der Waals surface area contributed by atoms with E-state index < -0.39 is 11.9 Å². The molecule has 1 aromatic heterocycles. The van der Waals surface area contributed by atoms with Crippen molar-refractivity contribution in [2.75, 3.05) is 11.4 Å². The van der Waals surface area contributed by atoms with Crippen LogP contribution in [-0.2, 0) is 4.79 Å². The van der Waals surface area contributed by atoms with Crippen LogP contribution < -0.4 is 4.90 Å². The van der Waals surface area contributed by atoms with Crippen LogP contribution in [0.1, 0.15) is 20.7 Å².